The number of aliphatic hydroxyl groups is 4. The highest BCUT2D eigenvalue weighted by atomic mass is 35.5. The molecule has 542 valence electrons. The lowest BCUT2D eigenvalue weighted by Crippen LogP contribution is -2.52. The highest BCUT2D eigenvalue weighted by molar-refractivity contribution is 5.85. The number of para-hydroxylation sites is 2. The van der Waals surface area contributed by atoms with Crippen molar-refractivity contribution in [2.75, 3.05) is 78.5 Å². The summed E-state index contributed by atoms with van der Waals surface area (Å²) in [5.41, 5.74) is 0.564. The molecule has 11 rings (SSSR count). The lowest BCUT2D eigenvalue weighted by molar-refractivity contribution is -0.0374. The third kappa shape index (κ3) is 31.1. The number of carbonyl (C=O) groups is 4. The fraction of sp³-hybridized carbons (Fsp3) is 0.595. The van der Waals surface area contributed by atoms with Crippen LogP contribution in [-0.4, -0.2) is 214 Å². The number of nitrogens with one attached hydrogen (secondary N) is 2. The highest BCUT2D eigenvalue weighted by Crippen LogP contribution is 2.32. The van der Waals surface area contributed by atoms with Crippen LogP contribution in [0, 0.1) is 0 Å². The topological polar surface area (TPSA) is 254 Å². The Hall–Kier alpha value is -6.40. The number of piperidine rings is 5. The lowest BCUT2D eigenvalue weighted by Gasteiger charge is -2.36. The molecule has 4 amide bonds. The van der Waals surface area contributed by atoms with Crippen LogP contribution in [0.25, 0.3) is 0 Å². The van der Waals surface area contributed by atoms with Crippen LogP contribution < -0.4 is 20.1 Å². The molecule has 0 saturated carbocycles. The Morgan fingerprint density at radius 1 is 0.412 bits per heavy atom. The van der Waals surface area contributed by atoms with E-state index >= 15 is 0 Å². The Bertz CT molecular complexity index is 2940. The van der Waals surface area contributed by atoms with E-state index in [1.54, 1.807) is 14.7 Å². The molecule has 0 spiro atoms. The summed E-state index contributed by atoms with van der Waals surface area (Å²) in [5, 5.41) is 46.2. The molecule has 4 aromatic rings. The number of ether oxygens (including phenoxy) is 7. The molecule has 4 aromatic carbocycles. The number of epoxide rings is 1. The summed E-state index contributed by atoms with van der Waals surface area (Å²) in [7, 11) is 0. The Kier molecular flexibility index (Phi) is 34.2. The number of fused-ring (bicyclic) bond motifs is 1. The van der Waals surface area contributed by atoms with Crippen LogP contribution >= 0.6 is 24.8 Å². The molecule has 7 aliphatic rings. The number of halogens is 2. The SMILES string of the molecule is CC(C)(C)OC(=O)N1CC=CCC1.CC(C)(C)OC(=O)N1CCC(Oc2ccccc2)C(O)C1.CC(C)(C)OC(=O)N1CCC(c2ccccc2)C(O)C1.CC(C)(C)OC(=O)N1CCC2OC2C1.Cl.Cl.OC1CNCCC1Oc1ccccc1.OC1CNCCC1c1ccccc1. The maximum atomic E-state index is 12.0. The Morgan fingerprint density at radius 2 is 0.794 bits per heavy atom. The van der Waals surface area contributed by atoms with Crippen molar-refractivity contribution in [1.82, 2.24) is 30.2 Å². The number of hydrogen-bond acceptors (Lipinski definition) is 17. The summed E-state index contributed by atoms with van der Waals surface area (Å²) in [6.07, 6.45) is 6.45. The monoisotopic (exact) mass is 1390 g/mol. The van der Waals surface area contributed by atoms with Crippen LogP contribution in [-0.2, 0) is 23.7 Å². The minimum Gasteiger partial charge on any atom is -0.488 e. The first kappa shape index (κ1) is 83.0. The fourth-order valence-electron chi connectivity index (χ4n) is 11.1. The molecule has 23 heteroatoms. The van der Waals surface area contributed by atoms with Crippen LogP contribution in [0.4, 0.5) is 19.2 Å². The largest absolute Gasteiger partial charge is 0.488 e. The predicted molar refractivity (Wildman–Crippen MR) is 381 cm³/mol. The average molecular weight is 1400 g/mol. The van der Waals surface area contributed by atoms with Gasteiger partial charge in [-0.15, -0.1) is 24.8 Å². The van der Waals surface area contributed by atoms with Gasteiger partial charge in [0, 0.05) is 64.1 Å². The van der Waals surface area contributed by atoms with Crippen molar-refractivity contribution in [3.63, 3.8) is 0 Å². The van der Waals surface area contributed by atoms with Crippen molar-refractivity contribution < 1.29 is 72.8 Å². The van der Waals surface area contributed by atoms with Crippen molar-refractivity contribution in [3.05, 3.63) is 145 Å². The smallest absolute Gasteiger partial charge is 0.410 e. The summed E-state index contributed by atoms with van der Waals surface area (Å²) in [5.74, 6) is 1.98. The molecule has 7 heterocycles. The van der Waals surface area contributed by atoms with Gasteiger partial charge in [0.2, 0.25) is 0 Å². The fourth-order valence-corrected chi connectivity index (χ4v) is 11.1. The summed E-state index contributed by atoms with van der Waals surface area (Å²) in [6, 6.07) is 39.3. The zero-order valence-corrected chi connectivity index (χ0v) is 60.7. The second kappa shape index (κ2) is 40.0. The van der Waals surface area contributed by atoms with Gasteiger partial charge in [0.15, 0.2) is 0 Å². The molecule has 7 aliphatic heterocycles. The number of rotatable bonds is 6. The van der Waals surface area contributed by atoms with Gasteiger partial charge >= 0.3 is 24.4 Å². The van der Waals surface area contributed by atoms with Gasteiger partial charge in [-0.1, -0.05) is 109 Å². The van der Waals surface area contributed by atoms with E-state index in [4.69, 9.17) is 33.2 Å². The first-order valence-electron chi connectivity index (χ1n) is 33.8. The number of nitrogens with zero attached hydrogens (tertiary/aromatic N) is 4. The Morgan fingerprint density at radius 3 is 1.20 bits per heavy atom. The Labute approximate surface area is 588 Å². The summed E-state index contributed by atoms with van der Waals surface area (Å²) < 4.78 is 37.9. The molecule has 10 unspecified atom stereocenters. The minimum atomic E-state index is -0.716. The molecule has 21 nitrogen and oxygen atoms in total. The summed E-state index contributed by atoms with van der Waals surface area (Å²) in [6.45, 7) is 30.1. The predicted octanol–water partition coefficient (Wildman–Crippen LogP) is 11.5. The van der Waals surface area contributed by atoms with E-state index in [9.17, 15) is 39.6 Å². The van der Waals surface area contributed by atoms with E-state index in [1.807, 2.05) is 198 Å². The van der Waals surface area contributed by atoms with Gasteiger partial charge in [-0.2, -0.15) is 0 Å². The summed E-state index contributed by atoms with van der Waals surface area (Å²) >= 11 is 0. The maximum Gasteiger partial charge on any atom is 0.410 e. The standard InChI is InChI=1S/C16H23NO4.C16H23NO3.C11H15NO2.C11H15NO.C10H17NO3.C10H17NO2.2ClH/c1-16(2,3)21-15(19)17-10-9-14(13(18)11-17)20-12-7-5-4-6-8-12;1-16(2,3)20-15(19)17-10-9-13(14(18)11-17)12-7-5-4-6-8-12;13-10-8-12-7-6-11(10)14-9-4-2-1-3-5-9;13-11-8-12-7-6-10(11)9-4-2-1-3-5-9;1-10(2,3)14-9(12)11-5-4-7-8(6-11)13-7;1-10(2,3)13-9(12)11-7-5-4-6-8-11;;/h4-8,13-14,18H,9-11H2,1-3H3;4-8,13-14,18H,9-11H2,1-3H3;1-5,10-13H,6-8H2;1-5,10-13H,6-8H2;7-8H,4-6H2,1-3H3;4-5H,6-8H2,1-3H3;2*1H. The third-order valence-electron chi connectivity index (χ3n) is 15.9. The lowest BCUT2D eigenvalue weighted by atomic mass is 9.87. The van der Waals surface area contributed by atoms with Crippen molar-refractivity contribution in [3.8, 4) is 11.5 Å². The molecule has 0 aromatic heterocycles. The number of aliphatic hydroxyl groups excluding tert-OH is 4. The molecule has 6 N–H and O–H groups in total. The van der Waals surface area contributed by atoms with Gasteiger partial charge in [0.25, 0.3) is 0 Å². The molecular formula is C74H112Cl2N6O15. The number of carbonyl (C=O) groups excluding carboxylic acids is 4. The zero-order chi connectivity index (χ0) is 69.3. The molecule has 6 saturated heterocycles. The van der Waals surface area contributed by atoms with Gasteiger partial charge in [0.1, 0.15) is 64.4 Å². The van der Waals surface area contributed by atoms with Crippen LogP contribution in [0.5, 0.6) is 11.5 Å². The van der Waals surface area contributed by atoms with Crippen LogP contribution in [0.2, 0.25) is 0 Å². The van der Waals surface area contributed by atoms with E-state index in [-0.39, 0.29) is 86.1 Å². The molecule has 0 aliphatic carbocycles. The quantitative estimate of drug-likeness (QED) is 0.0596. The van der Waals surface area contributed by atoms with Gasteiger partial charge in [0.05, 0.1) is 37.9 Å². The normalized spacial score (nSPS) is 24.3. The van der Waals surface area contributed by atoms with Crippen molar-refractivity contribution in [2.24, 2.45) is 0 Å². The van der Waals surface area contributed by atoms with E-state index < -0.39 is 40.7 Å². The summed E-state index contributed by atoms with van der Waals surface area (Å²) in [4.78, 5) is 53.7. The molecule has 0 radical (unpaired) electrons. The van der Waals surface area contributed by atoms with Crippen molar-refractivity contribution in [1.29, 1.82) is 0 Å². The highest BCUT2D eigenvalue weighted by Gasteiger charge is 2.45. The first-order chi connectivity index (χ1) is 44.9. The first-order valence-corrected chi connectivity index (χ1v) is 33.8. The number of amides is 4. The molecule has 0 bridgehead atoms. The van der Waals surface area contributed by atoms with E-state index in [0.717, 1.165) is 81.9 Å². The minimum absolute atomic E-state index is 0. The second-order valence-corrected chi connectivity index (χ2v) is 28.8. The molecule has 6 fully saturated rings. The van der Waals surface area contributed by atoms with Crippen molar-refractivity contribution >= 4 is 49.2 Å². The van der Waals surface area contributed by atoms with Gasteiger partial charge in [-0.05, 0) is 164 Å². The molecule has 10 atom stereocenters. The average Bonchev–Trinajstić information content (AvgIpc) is 1.71. The van der Waals surface area contributed by atoms with Gasteiger partial charge < -0.3 is 83.8 Å². The number of hydrogen-bond donors (Lipinski definition) is 6. The van der Waals surface area contributed by atoms with Crippen LogP contribution in [0.3, 0.4) is 0 Å². The molecular weight excluding hydrogens is 1280 g/mol. The van der Waals surface area contributed by atoms with E-state index in [1.165, 1.54) is 10.5 Å². The van der Waals surface area contributed by atoms with Gasteiger partial charge in [-0.3, -0.25) is 0 Å². The zero-order valence-electron chi connectivity index (χ0n) is 59.1. The van der Waals surface area contributed by atoms with Gasteiger partial charge in [-0.25, -0.2) is 19.2 Å². The number of benzene rings is 4. The number of β-amino-alcohol motifs (C(OH)–C–C–N with tert-alkyl or cyclic N) is 4. The number of likely N-dealkylation sites (tertiary alicyclic amines) is 3. The Balaban J connectivity index is 0.000000249. The van der Waals surface area contributed by atoms with E-state index in [0.29, 0.717) is 57.7 Å². The van der Waals surface area contributed by atoms with E-state index in [2.05, 4.69) is 28.8 Å². The second-order valence-electron chi connectivity index (χ2n) is 28.8. The third-order valence-corrected chi connectivity index (χ3v) is 15.9. The van der Waals surface area contributed by atoms with Crippen LogP contribution in [0.1, 0.15) is 145 Å². The molecule has 97 heavy (non-hydrogen) atoms. The van der Waals surface area contributed by atoms with Crippen molar-refractivity contribution in [2.45, 2.75) is 205 Å². The van der Waals surface area contributed by atoms with Crippen LogP contribution in [0.15, 0.2) is 133 Å². The maximum absolute atomic E-state index is 12.0.